The quantitative estimate of drug-likeness (QED) is 0.901. The molecule has 0 fully saturated rings. The van der Waals surface area contributed by atoms with Crippen LogP contribution < -0.4 is 14.8 Å². The molecule has 24 heavy (non-hydrogen) atoms. The van der Waals surface area contributed by atoms with Crippen LogP contribution in [0.3, 0.4) is 0 Å². The third kappa shape index (κ3) is 3.19. The van der Waals surface area contributed by atoms with Gasteiger partial charge in [-0.3, -0.25) is 9.48 Å². The van der Waals surface area contributed by atoms with E-state index in [0.29, 0.717) is 34.5 Å². The smallest absolute Gasteiger partial charge is 0.251 e. The Kier molecular flexibility index (Phi) is 4.66. The van der Waals surface area contributed by atoms with Crippen molar-refractivity contribution in [2.75, 3.05) is 13.3 Å². The maximum absolute atomic E-state index is 12.5. The molecule has 3 rings (SSSR count). The lowest BCUT2D eigenvalue weighted by Crippen LogP contribution is -2.31. The van der Waals surface area contributed by atoms with Gasteiger partial charge in [-0.25, -0.2) is 0 Å². The highest BCUT2D eigenvalue weighted by molar-refractivity contribution is 6.32. The van der Waals surface area contributed by atoms with Gasteiger partial charge in [0.15, 0.2) is 11.5 Å². The largest absolute Gasteiger partial charge is 0.454 e. The van der Waals surface area contributed by atoms with Gasteiger partial charge in [0.2, 0.25) is 6.79 Å². The molecule has 128 valence electrons. The van der Waals surface area contributed by atoms with E-state index in [1.54, 1.807) is 18.3 Å². The fraction of sp³-hybridized carbons (Fsp3) is 0.412. The van der Waals surface area contributed by atoms with Crippen molar-refractivity contribution in [3.8, 4) is 11.5 Å². The molecular formula is C17H20ClN3O3. The zero-order valence-electron chi connectivity index (χ0n) is 13.9. The standard InChI is InChI=1S/C17H20ClN3O3/c1-10(2)12(14-4-5-20-21(14)3)8-19-17(22)11-6-13(18)16-15(7-11)23-9-24-16/h4-7,10,12H,8-9H2,1-3H3,(H,19,22)/t12-/m1/s1. The molecule has 0 unspecified atom stereocenters. The SMILES string of the molecule is CC(C)[C@@H](CNC(=O)c1cc(Cl)c2c(c1)OCO2)c1ccnn1C. The molecule has 1 aromatic carbocycles. The first-order chi connectivity index (χ1) is 11.5. The van der Waals surface area contributed by atoms with Gasteiger partial charge < -0.3 is 14.8 Å². The Hall–Kier alpha value is -2.21. The number of carbonyl (C=O) groups is 1. The Morgan fingerprint density at radius 3 is 2.88 bits per heavy atom. The Morgan fingerprint density at radius 1 is 1.42 bits per heavy atom. The number of amides is 1. The molecule has 1 atom stereocenters. The van der Waals surface area contributed by atoms with Gasteiger partial charge in [0, 0.05) is 37.0 Å². The highest BCUT2D eigenvalue weighted by atomic mass is 35.5. The third-order valence-corrected chi connectivity index (χ3v) is 4.50. The summed E-state index contributed by atoms with van der Waals surface area (Å²) in [4.78, 5) is 12.5. The van der Waals surface area contributed by atoms with Crippen molar-refractivity contribution in [3.63, 3.8) is 0 Å². The lowest BCUT2D eigenvalue weighted by atomic mass is 9.92. The number of hydrogen-bond donors (Lipinski definition) is 1. The maximum Gasteiger partial charge on any atom is 0.251 e. The van der Waals surface area contributed by atoms with Crippen molar-refractivity contribution < 1.29 is 14.3 Å². The Labute approximate surface area is 145 Å². The van der Waals surface area contributed by atoms with Crippen LogP contribution >= 0.6 is 11.6 Å². The number of rotatable bonds is 5. The van der Waals surface area contributed by atoms with Crippen molar-refractivity contribution in [2.45, 2.75) is 19.8 Å². The summed E-state index contributed by atoms with van der Waals surface area (Å²) < 4.78 is 12.4. The number of fused-ring (bicyclic) bond motifs is 1. The highest BCUT2D eigenvalue weighted by Gasteiger charge is 2.23. The molecule has 2 heterocycles. The number of benzene rings is 1. The summed E-state index contributed by atoms with van der Waals surface area (Å²) in [6, 6.07) is 5.23. The van der Waals surface area contributed by atoms with E-state index in [-0.39, 0.29) is 18.6 Å². The van der Waals surface area contributed by atoms with Gasteiger partial charge in [0.05, 0.1) is 5.02 Å². The Balaban J connectivity index is 1.73. The molecule has 6 nitrogen and oxygen atoms in total. The monoisotopic (exact) mass is 349 g/mol. The summed E-state index contributed by atoms with van der Waals surface area (Å²) in [5.41, 5.74) is 1.55. The molecule has 1 aromatic heterocycles. The fourth-order valence-electron chi connectivity index (χ4n) is 2.83. The van der Waals surface area contributed by atoms with E-state index >= 15 is 0 Å². The Bertz CT molecular complexity index is 758. The summed E-state index contributed by atoms with van der Waals surface area (Å²) in [6.45, 7) is 4.89. The van der Waals surface area contributed by atoms with Gasteiger partial charge in [-0.15, -0.1) is 0 Å². The summed E-state index contributed by atoms with van der Waals surface area (Å²) in [7, 11) is 1.91. The molecule has 0 aliphatic carbocycles. The maximum atomic E-state index is 12.5. The second kappa shape index (κ2) is 6.73. The van der Waals surface area contributed by atoms with Crippen LogP contribution in [0.15, 0.2) is 24.4 Å². The van der Waals surface area contributed by atoms with Gasteiger partial charge in [0.1, 0.15) is 0 Å². The lowest BCUT2D eigenvalue weighted by molar-refractivity contribution is 0.0948. The number of ether oxygens (including phenoxy) is 2. The van der Waals surface area contributed by atoms with Gasteiger partial charge in [-0.1, -0.05) is 25.4 Å². The molecule has 0 spiro atoms. The van der Waals surface area contributed by atoms with Gasteiger partial charge >= 0.3 is 0 Å². The normalized spacial score (nSPS) is 14.0. The zero-order chi connectivity index (χ0) is 17.3. The minimum absolute atomic E-state index is 0.121. The molecule has 0 saturated carbocycles. The van der Waals surface area contributed by atoms with Crippen LogP contribution in [-0.2, 0) is 7.05 Å². The van der Waals surface area contributed by atoms with Crippen LogP contribution in [0, 0.1) is 5.92 Å². The number of aromatic nitrogens is 2. The number of aryl methyl sites for hydroxylation is 1. The Morgan fingerprint density at radius 2 is 2.21 bits per heavy atom. The van der Waals surface area contributed by atoms with E-state index in [2.05, 4.69) is 24.3 Å². The van der Waals surface area contributed by atoms with Crippen molar-refractivity contribution in [1.29, 1.82) is 0 Å². The van der Waals surface area contributed by atoms with Gasteiger partial charge in [0.25, 0.3) is 5.91 Å². The van der Waals surface area contributed by atoms with Crippen LogP contribution in [-0.4, -0.2) is 29.0 Å². The molecule has 0 radical (unpaired) electrons. The summed E-state index contributed by atoms with van der Waals surface area (Å²) in [5.74, 6) is 1.33. The molecule has 1 aliphatic rings. The number of hydrogen-bond acceptors (Lipinski definition) is 4. The average Bonchev–Trinajstić information content (AvgIpc) is 3.16. The second-order valence-electron chi connectivity index (χ2n) is 6.13. The number of nitrogens with zero attached hydrogens (tertiary/aromatic N) is 2. The van der Waals surface area contributed by atoms with E-state index < -0.39 is 0 Å². The van der Waals surface area contributed by atoms with E-state index in [1.165, 1.54) is 0 Å². The first-order valence-corrected chi connectivity index (χ1v) is 8.20. The number of carbonyl (C=O) groups excluding carboxylic acids is 1. The van der Waals surface area contributed by atoms with E-state index in [4.69, 9.17) is 21.1 Å². The molecule has 0 bridgehead atoms. The highest BCUT2D eigenvalue weighted by Crippen LogP contribution is 2.39. The number of halogens is 1. The van der Waals surface area contributed by atoms with Crippen LogP contribution in [0.25, 0.3) is 0 Å². The van der Waals surface area contributed by atoms with Crippen molar-refractivity contribution >= 4 is 17.5 Å². The van der Waals surface area contributed by atoms with Crippen LogP contribution in [0.4, 0.5) is 0 Å². The summed E-state index contributed by atoms with van der Waals surface area (Å²) >= 11 is 6.14. The summed E-state index contributed by atoms with van der Waals surface area (Å²) in [5, 5.41) is 7.57. The van der Waals surface area contributed by atoms with Crippen molar-refractivity contribution in [1.82, 2.24) is 15.1 Å². The van der Waals surface area contributed by atoms with Crippen LogP contribution in [0.2, 0.25) is 5.02 Å². The zero-order valence-corrected chi connectivity index (χ0v) is 14.6. The van der Waals surface area contributed by atoms with Crippen LogP contribution in [0.1, 0.15) is 35.8 Å². The second-order valence-corrected chi connectivity index (χ2v) is 6.54. The average molecular weight is 350 g/mol. The predicted octanol–water partition coefficient (Wildman–Crippen LogP) is 2.97. The van der Waals surface area contributed by atoms with Crippen molar-refractivity contribution in [3.05, 3.63) is 40.7 Å². The first-order valence-electron chi connectivity index (χ1n) is 7.82. The van der Waals surface area contributed by atoms with Crippen molar-refractivity contribution in [2.24, 2.45) is 13.0 Å². The molecule has 1 amide bonds. The van der Waals surface area contributed by atoms with Gasteiger partial charge in [-0.2, -0.15) is 5.10 Å². The van der Waals surface area contributed by atoms with E-state index in [9.17, 15) is 4.79 Å². The summed E-state index contributed by atoms with van der Waals surface area (Å²) in [6.07, 6.45) is 1.77. The first kappa shape index (κ1) is 16.6. The predicted molar refractivity (Wildman–Crippen MR) is 90.7 cm³/mol. The molecule has 0 saturated heterocycles. The molecule has 2 aromatic rings. The van der Waals surface area contributed by atoms with E-state index in [0.717, 1.165) is 5.69 Å². The third-order valence-electron chi connectivity index (χ3n) is 4.22. The molecule has 1 N–H and O–H groups in total. The topological polar surface area (TPSA) is 65.4 Å². The molecular weight excluding hydrogens is 330 g/mol. The van der Waals surface area contributed by atoms with Crippen LogP contribution in [0.5, 0.6) is 11.5 Å². The molecule has 7 heteroatoms. The minimum Gasteiger partial charge on any atom is -0.454 e. The lowest BCUT2D eigenvalue weighted by Gasteiger charge is -2.21. The van der Waals surface area contributed by atoms with E-state index in [1.807, 2.05) is 17.8 Å². The number of nitrogens with one attached hydrogen (secondary N) is 1. The van der Waals surface area contributed by atoms with Gasteiger partial charge in [-0.05, 0) is 24.1 Å². The molecule has 1 aliphatic heterocycles. The minimum atomic E-state index is -0.192. The fourth-order valence-corrected chi connectivity index (χ4v) is 3.10.